The smallest absolute Gasteiger partial charge is 0.410 e. The zero-order valence-corrected chi connectivity index (χ0v) is 17.8. The first-order valence-corrected chi connectivity index (χ1v) is 10.1. The van der Waals surface area contributed by atoms with E-state index < -0.39 is 0 Å². The Hall–Kier alpha value is -3.10. The molecular formula is C21H29N5O4. The summed E-state index contributed by atoms with van der Waals surface area (Å²) in [4.78, 5) is 30.1. The quantitative estimate of drug-likeness (QED) is 0.719. The van der Waals surface area contributed by atoms with Crippen LogP contribution in [0.1, 0.15) is 50.3 Å². The van der Waals surface area contributed by atoms with Gasteiger partial charge in [-0.15, -0.1) is 0 Å². The molecule has 2 amide bonds. The monoisotopic (exact) mass is 415 g/mol. The van der Waals surface area contributed by atoms with Gasteiger partial charge >= 0.3 is 6.09 Å². The van der Waals surface area contributed by atoms with E-state index in [0.717, 1.165) is 30.5 Å². The molecule has 0 radical (unpaired) electrons. The van der Waals surface area contributed by atoms with Gasteiger partial charge in [0.2, 0.25) is 11.8 Å². The SMILES string of the molecule is COc1ccc(CC(=O)Nc2cc([C@H]3CCC(OC(=O)N(C)C(C)C)C3)[nH]n2)cn1. The number of pyridine rings is 1. The number of aromatic amines is 1. The molecule has 1 aliphatic carbocycles. The third-order valence-corrected chi connectivity index (χ3v) is 5.39. The highest BCUT2D eigenvalue weighted by Crippen LogP contribution is 2.36. The van der Waals surface area contributed by atoms with Crippen LogP contribution in [0.3, 0.4) is 0 Å². The summed E-state index contributed by atoms with van der Waals surface area (Å²) in [6.07, 6.45) is 3.87. The van der Waals surface area contributed by atoms with Gasteiger partial charge in [0.1, 0.15) is 6.10 Å². The fourth-order valence-electron chi connectivity index (χ4n) is 3.38. The number of carbonyl (C=O) groups is 2. The molecule has 2 atom stereocenters. The number of carbonyl (C=O) groups excluding carboxylic acids is 2. The predicted octanol–water partition coefficient (Wildman–Crippen LogP) is 3.11. The van der Waals surface area contributed by atoms with Gasteiger partial charge in [0, 0.05) is 43.0 Å². The van der Waals surface area contributed by atoms with Gasteiger partial charge in [0.15, 0.2) is 5.82 Å². The Bertz CT molecular complexity index is 865. The molecule has 0 bridgehead atoms. The number of hydrogen-bond donors (Lipinski definition) is 2. The van der Waals surface area contributed by atoms with E-state index in [4.69, 9.17) is 9.47 Å². The van der Waals surface area contributed by atoms with E-state index in [1.807, 2.05) is 19.9 Å². The minimum Gasteiger partial charge on any atom is -0.481 e. The summed E-state index contributed by atoms with van der Waals surface area (Å²) in [5.41, 5.74) is 1.73. The van der Waals surface area contributed by atoms with Crippen LogP contribution in [-0.2, 0) is 16.0 Å². The largest absolute Gasteiger partial charge is 0.481 e. The van der Waals surface area contributed by atoms with Gasteiger partial charge in [-0.25, -0.2) is 9.78 Å². The summed E-state index contributed by atoms with van der Waals surface area (Å²) in [6.45, 7) is 3.90. The van der Waals surface area contributed by atoms with Crippen molar-refractivity contribution >= 4 is 17.8 Å². The van der Waals surface area contributed by atoms with Crippen LogP contribution in [0.25, 0.3) is 0 Å². The maximum absolute atomic E-state index is 12.3. The molecule has 2 heterocycles. The van der Waals surface area contributed by atoms with Crippen molar-refractivity contribution in [2.24, 2.45) is 0 Å². The first-order valence-electron chi connectivity index (χ1n) is 10.1. The lowest BCUT2D eigenvalue weighted by Gasteiger charge is -2.23. The van der Waals surface area contributed by atoms with Gasteiger partial charge in [-0.05, 0) is 38.7 Å². The van der Waals surface area contributed by atoms with Gasteiger partial charge in [-0.1, -0.05) is 6.07 Å². The Balaban J connectivity index is 1.50. The lowest BCUT2D eigenvalue weighted by Crippen LogP contribution is -2.35. The number of nitrogens with one attached hydrogen (secondary N) is 2. The van der Waals surface area contributed by atoms with Gasteiger partial charge < -0.3 is 19.7 Å². The highest BCUT2D eigenvalue weighted by molar-refractivity contribution is 5.91. The Labute approximate surface area is 176 Å². The molecule has 0 spiro atoms. The summed E-state index contributed by atoms with van der Waals surface area (Å²) < 4.78 is 10.6. The van der Waals surface area contributed by atoms with Gasteiger partial charge in [0.25, 0.3) is 0 Å². The van der Waals surface area contributed by atoms with Crippen molar-refractivity contribution in [3.8, 4) is 5.88 Å². The fourth-order valence-corrected chi connectivity index (χ4v) is 3.38. The maximum atomic E-state index is 12.3. The second kappa shape index (κ2) is 9.60. The predicted molar refractivity (Wildman–Crippen MR) is 111 cm³/mol. The number of hydrogen-bond acceptors (Lipinski definition) is 6. The highest BCUT2D eigenvalue weighted by Gasteiger charge is 2.31. The number of methoxy groups -OCH3 is 1. The van der Waals surface area contributed by atoms with Crippen molar-refractivity contribution < 1.29 is 19.1 Å². The molecule has 3 rings (SSSR count). The number of aromatic nitrogens is 3. The van der Waals surface area contributed by atoms with Crippen molar-refractivity contribution in [2.45, 2.75) is 57.6 Å². The lowest BCUT2D eigenvalue weighted by molar-refractivity contribution is -0.115. The molecule has 9 heteroatoms. The Morgan fingerprint density at radius 2 is 2.13 bits per heavy atom. The topological polar surface area (TPSA) is 109 Å². The summed E-state index contributed by atoms with van der Waals surface area (Å²) in [5, 5.41) is 10.0. The molecular weight excluding hydrogens is 386 g/mol. The highest BCUT2D eigenvalue weighted by atomic mass is 16.6. The van der Waals surface area contributed by atoms with Crippen molar-refractivity contribution in [2.75, 3.05) is 19.5 Å². The van der Waals surface area contributed by atoms with E-state index in [2.05, 4.69) is 20.5 Å². The molecule has 1 saturated carbocycles. The average molecular weight is 415 g/mol. The van der Waals surface area contributed by atoms with Crippen LogP contribution in [0.15, 0.2) is 24.4 Å². The molecule has 1 fully saturated rings. The number of H-pyrrole nitrogens is 1. The normalized spacial score (nSPS) is 18.3. The molecule has 162 valence electrons. The Kier molecular flexibility index (Phi) is 6.91. The van der Waals surface area contributed by atoms with Crippen molar-refractivity contribution in [3.05, 3.63) is 35.7 Å². The summed E-state index contributed by atoms with van der Waals surface area (Å²) in [5.74, 6) is 1.04. The zero-order valence-electron chi connectivity index (χ0n) is 17.8. The average Bonchev–Trinajstić information content (AvgIpc) is 3.37. The number of nitrogens with zero attached hydrogens (tertiary/aromatic N) is 3. The number of ether oxygens (including phenoxy) is 2. The Morgan fingerprint density at radius 1 is 1.33 bits per heavy atom. The van der Waals surface area contributed by atoms with Crippen molar-refractivity contribution in [1.29, 1.82) is 0 Å². The van der Waals surface area contributed by atoms with E-state index in [9.17, 15) is 9.59 Å². The standard InChI is InChI=1S/C21H29N5O4/c1-13(2)26(3)21(28)30-16-7-6-15(10-16)17-11-18(25-24-17)23-19(27)9-14-5-8-20(29-4)22-12-14/h5,8,11-13,15-16H,6-7,9-10H2,1-4H3,(H2,23,24,25,27)/t15-,16?/m0/s1. The minimum absolute atomic E-state index is 0.0992. The third-order valence-electron chi connectivity index (χ3n) is 5.39. The van der Waals surface area contributed by atoms with E-state index >= 15 is 0 Å². The van der Waals surface area contributed by atoms with Crippen LogP contribution in [0.2, 0.25) is 0 Å². The number of anilines is 1. The zero-order chi connectivity index (χ0) is 21.7. The van der Waals surface area contributed by atoms with E-state index in [1.54, 1.807) is 37.4 Å². The van der Waals surface area contributed by atoms with Crippen LogP contribution in [-0.4, -0.2) is 58.4 Å². The van der Waals surface area contributed by atoms with E-state index in [0.29, 0.717) is 11.7 Å². The summed E-state index contributed by atoms with van der Waals surface area (Å²) >= 11 is 0. The molecule has 1 aliphatic rings. The van der Waals surface area contributed by atoms with Crippen LogP contribution in [0.5, 0.6) is 5.88 Å². The van der Waals surface area contributed by atoms with E-state index in [1.165, 1.54) is 0 Å². The second-order valence-corrected chi connectivity index (χ2v) is 7.86. The third kappa shape index (κ3) is 5.49. The van der Waals surface area contributed by atoms with Gasteiger partial charge in [-0.3, -0.25) is 9.89 Å². The Morgan fingerprint density at radius 3 is 2.80 bits per heavy atom. The van der Waals surface area contributed by atoms with Crippen LogP contribution in [0, 0.1) is 0 Å². The fraction of sp³-hybridized carbons (Fsp3) is 0.524. The van der Waals surface area contributed by atoms with Crippen molar-refractivity contribution in [1.82, 2.24) is 20.1 Å². The molecule has 0 aromatic carbocycles. The van der Waals surface area contributed by atoms with Crippen LogP contribution >= 0.6 is 0 Å². The summed E-state index contributed by atoms with van der Waals surface area (Å²) in [6, 6.07) is 5.47. The number of amides is 2. The molecule has 30 heavy (non-hydrogen) atoms. The van der Waals surface area contributed by atoms with E-state index in [-0.39, 0.29) is 36.5 Å². The minimum atomic E-state index is -0.291. The molecule has 2 aromatic rings. The lowest BCUT2D eigenvalue weighted by atomic mass is 10.0. The van der Waals surface area contributed by atoms with Crippen LogP contribution < -0.4 is 10.1 Å². The molecule has 0 saturated heterocycles. The molecule has 1 unspecified atom stereocenters. The molecule has 9 nitrogen and oxygen atoms in total. The molecule has 2 aromatic heterocycles. The van der Waals surface area contributed by atoms with Crippen LogP contribution in [0.4, 0.5) is 10.6 Å². The maximum Gasteiger partial charge on any atom is 0.410 e. The van der Waals surface area contributed by atoms with Gasteiger partial charge in [0.05, 0.1) is 13.5 Å². The first-order chi connectivity index (χ1) is 14.4. The molecule has 0 aliphatic heterocycles. The first kappa shape index (κ1) is 21.6. The number of rotatable bonds is 7. The van der Waals surface area contributed by atoms with Gasteiger partial charge in [-0.2, -0.15) is 5.10 Å². The second-order valence-electron chi connectivity index (χ2n) is 7.86. The molecule has 2 N–H and O–H groups in total. The van der Waals surface area contributed by atoms with Crippen molar-refractivity contribution in [3.63, 3.8) is 0 Å². The summed E-state index contributed by atoms with van der Waals surface area (Å²) in [7, 11) is 3.29.